The Bertz CT molecular complexity index is 981. The molecule has 11 nitrogen and oxygen atoms in total. The van der Waals surface area contributed by atoms with Gasteiger partial charge in [0.25, 0.3) is 0 Å². The Morgan fingerprint density at radius 2 is 1.60 bits per heavy atom. The van der Waals surface area contributed by atoms with E-state index in [1.54, 1.807) is 24.3 Å². The first-order valence-corrected chi connectivity index (χ1v) is 14.1. The second kappa shape index (κ2) is 19.5. The minimum atomic E-state index is -0.491. The molecule has 4 amide bonds. The number of amides is 4. The van der Waals surface area contributed by atoms with Gasteiger partial charge < -0.3 is 30.8 Å². The zero-order valence-electron chi connectivity index (χ0n) is 23.1. The molecule has 1 fully saturated rings. The van der Waals surface area contributed by atoms with E-state index in [-0.39, 0.29) is 43.6 Å². The molecule has 1 aliphatic rings. The first kappa shape index (κ1) is 32.6. The van der Waals surface area contributed by atoms with Crippen molar-refractivity contribution >= 4 is 41.4 Å². The summed E-state index contributed by atoms with van der Waals surface area (Å²) in [5.41, 5.74) is 1.29. The van der Waals surface area contributed by atoms with Crippen molar-refractivity contribution in [2.75, 3.05) is 38.2 Å². The minimum absolute atomic E-state index is 0.0370. The molecule has 2 rings (SSSR count). The summed E-state index contributed by atoms with van der Waals surface area (Å²) < 4.78 is 5.43. The van der Waals surface area contributed by atoms with Crippen LogP contribution in [0.25, 0.3) is 0 Å². The van der Waals surface area contributed by atoms with E-state index in [0.29, 0.717) is 51.1 Å². The maximum atomic E-state index is 12.5. The third-order valence-electron chi connectivity index (χ3n) is 6.48. The molecule has 11 heteroatoms. The number of anilines is 1. The van der Waals surface area contributed by atoms with E-state index >= 15 is 0 Å². The van der Waals surface area contributed by atoms with Crippen molar-refractivity contribution in [1.29, 1.82) is 0 Å². The molecule has 0 aromatic heterocycles. The molecule has 1 aliphatic carbocycles. The Balaban J connectivity index is 1.49. The summed E-state index contributed by atoms with van der Waals surface area (Å²) in [6.45, 7) is 1.99. The molecule has 1 aromatic carbocycles. The predicted octanol–water partition coefficient (Wildman–Crippen LogP) is 2.47. The van der Waals surface area contributed by atoms with Crippen LogP contribution in [0.15, 0.2) is 24.3 Å². The van der Waals surface area contributed by atoms with E-state index in [1.165, 1.54) is 0 Å². The SMILES string of the molecule is O=CCCCCCNC(=O)NCCCOCCNC(=O)CC(=O)Nc1ccc(CC(=O)C2CCCCC2=O)cc1. The molecule has 0 radical (unpaired) electrons. The van der Waals surface area contributed by atoms with Gasteiger partial charge in [-0.2, -0.15) is 0 Å². The van der Waals surface area contributed by atoms with Gasteiger partial charge in [-0.05, 0) is 49.8 Å². The summed E-state index contributed by atoms with van der Waals surface area (Å²) in [5.74, 6) is -1.40. The number of urea groups is 1. The topological polar surface area (TPSA) is 160 Å². The summed E-state index contributed by atoms with van der Waals surface area (Å²) in [6.07, 6.45) is 7.36. The van der Waals surface area contributed by atoms with Gasteiger partial charge in [0, 0.05) is 51.2 Å². The fourth-order valence-electron chi connectivity index (χ4n) is 4.30. The van der Waals surface area contributed by atoms with Crippen LogP contribution in [0, 0.1) is 5.92 Å². The average Bonchev–Trinajstić information content (AvgIpc) is 2.93. The lowest BCUT2D eigenvalue weighted by atomic mass is 9.83. The number of aldehydes is 1. The molecule has 4 N–H and O–H groups in total. The molecule has 1 aromatic rings. The number of Topliss-reactive ketones (excluding diaryl/α,β-unsaturated/α-hetero) is 2. The maximum Gasteiger partial charge on any atom is 0.314 e. The van der Waals surface area contributed by atoms with Gasteiger partial charge in [0.2, 0.25) is 11.8 Å². The van der Waals surface area contributed by atoms with Crippen LogP contribution < -0.4 is 21.3 Å². The molecule has 1 saturated carbocycles. The number of carbonyl (C=O) groups excluding carboxylic acids is 6. The predicted molar refractivity (Wildman–Crippen MR) is 150 cm³/mol. The van der Waals surface area contributed by atoms with Crippen molar-refractivity contribution in [2.45, 2.75) is 70.6 Å². The van der Waals surface area contributed by atoms with Gasteiger partial charge in [0.15, 0.2) is 0 Å². The Kier molecular flexibility index (Phi) is 15.9. The van der Waals surface area contributed by atoms with Crippen LogP contribution in [0.2, 0.25) is 0 Å². The molecule has 0 saturated heterocycles. The molecule has 1 atom stereocenters. The quantitative estimate of drug-likeness (QED) is 0.115. The number of benzene rings is 1. The lowest BCUT2D eigenvalue weighted by molar-refractivity contribution is -0.134. The summed E-state index contributed by atoms with van der Waals surface area (Å²) in [4.78, 5) is 70.5. The number of hydrogen-bond acceptors (Lipinski definition) is 7. The molecule has 1 unspecified atom stereocenters. The highest BCUT2D eigenvalue weighted by Crippen LogP contribution is 2.23. The number of nitrogens with one attached hydrogen (secondary N) is 4. The first-order chi connectivity index (χ1) is 19.4. The van der Waals surface area contributed by atoms with Crippen molar-refractivity contribution in [3.63, 3.8) is 0 Å². The second-order valence-electron chi connectivity index (χ2n) is 9.84. The Hall–Kier alpha value is -3.60. The summed E-state index contributed by atoms with van der Waals surface area (Å²) in [6, 6.07) is 6.58. The van der Waals surface area contributed by atoms with Gasteiger partial charge in [-0.25, -0.2) is 4.79 Å². The van der Waals surface area contributed by atoms with Crippen molar-refractivity contribution in [1.82, 2.24) is 16.0 Å². The number of hydrogen-bond donors (Lipinski definition) is 4. The smallest absolute Gasteiger partial charge is 0.314 e. The van der Waals surface area contributed by atoms with Crippen LogP contribution >= 0.6 is 0 Å². The monoisotopic (exact) mass is 558 g/mol. The van der Waals surface area contributed by atoms with Gasteiger partial charge in [-0.3, -0.25) is 19.2 Å². The van der Waals surface area contributed by atoms with Crippen molar-refractivity contribution in [2.24, 2.45) is 5.92 Å². The first-order valence-electron chi connectivity index (χ1n) is 14.1. The molecule has 40 heavy (non-hydrogen) atoms. The van der Waals surface area contributed by atoms with E-state index in [4.69, 9.17) is 4.74 Å². The number of ketones is 2. The van der Waals surface area contributed by atoms with Crippen LogP contribution in [0.3, 0.4) is 0 Å². The third-order valence-corrected chi connectivity index (χ3v) is 6.48. The number of carbonyl (C=O) groups is 6. The van der Waals surface area contributed by atoms with Gasteiger partial charge >= 0.3 is 6.03 Å². The lowest BCUT2D eigenvalue weighted by Crippen LogP contribution is -2.36. The zero-order chi connectivity index (χ0) is 29.0. The summed E-state index contributed by atoms with van der Waals surface area (Å²) in [5, 5.41) is 10.8. The van der Waals surface area contributed by atoms with Gasteiger partial charge in [-0.15, -0.1) is 0 Å². The lowest BCUT2D eigenvalue weighted by Gasteiger charge is -2.19. The third kappa shape index (κ3) is 14.0. The molecule has 0 bridgehead atoms. The van der Waals surface area contributed by atoms with Crippen molar-refractivity contribution in [3.05, 3.63) is 29.8 Å². The van der Waals surface area contributed by atoms with E-state index in [9.17, 15) is 28.8 Å². The maximum absolute atomic E-state index is 12.5. The highest BCUT2D eigenvalue weighted by Gasteiger charge is 2.28. The average molecular weight is 559 g/mol. The van der Waals surface area contributed by atoms with Gasteiger partial charge in [-0.1, -0.05) is 25.0 Å². The van der Waals surface area contributed by atoms with Crippen molar-refractivity contribution in [3.8, 4) is 0 Å². The molecule has 0 heterocycles. The zero-order valence-corrected chi connectivity index (χ0v) is 23.1. The summed E-state index contributed by atoms with van der Waals surface area (Å²) in [7, 11) is 0. The molecule has 220 valence electrons. The van der Waals surface area contributed by atoms with E-state index < -0.39 is 17.7 Å². The largest absolute Gasteiger partial charge is 0.380 e. The molecular weight excluding hydrogens is 516 g/mol. The number of ether oxygens (including phenoxy) is 1. The Morgan fingerprint density at radius 3 is 2.33 bits per heavy atom. The normalized spacial score (nSPS) is 14.7. The highest BCUT2D eigenvalue weighted by atomic mass is 16.5. The van der Waals surface area contributed by atoms with Crippen LogP contribution in [0.1, 0.15) is 69.8 Å². The summed E-state index contributed by atoms with van der Waals surface area (Å²) >= 11 is 0. The molecular formula is C29H42N4O7. The number of unbranched alkanes of at least 4 members (excludes halogenated alkanes) is 3. The van der Waals surface area contributed by atoms with Crippen molar-refractivity contribution < 1.29 is 33.5 Å². The van der Waals surface area contributed by atoms with Gasteiger partial charge in [0.1, 0.15) is 24.3 Å². The van der Waals surface area contributed by atoms with E-state index in [2.05, 4.69) is 21.3 Å². The number of rotatable bonds is 19. The minimum Gasteiger partial charge on any atom is -0.380 e. The van der Waals surface area contributed by atoms with Crippen LogP contribution in [-0.2, 0) is 35.1 Å². The second-order valence-corrected chi connectivity index (χ2v) is 9.84. The van der Waals surface area contributed by atoms with Crippen LogP contribution in [-0.4, -0.2) is 68.5 Å². The fraction of sp³-hybridized carbons (Fsp3) is 0.586. The van der Waals surface area contributed by atoms with Crippen LogP contribution in [0.5, 0.6) is 0 Å². The van der Waals surface area contributed by atoms with Crippen LogP contribution in [0.4, 0.5) is 10.5 Å². The standard InChI is InChI=1S/C29H42N4O7/c34-17-6-2-1-5-14-31-29(39)32-15-7-18-40-19-16-30-27(37)21-28(38)33-23-12-10-22(11-13-23)20-26(36)24-8-3-4-9-25(24)35/h10-13,17,24H,1-9,14-16,18-21H2,(H,30,37)(H,33,38)(H2,31,32,39). The van der Waals surface area contributed by atoms with E-state index in [1.807, 2.05) is 0 Å². The Labute approximate surface area is 235 Å². The highest BCUT2D eigenvalue weighted by molar-refractivity contribution is 6.04. The molecule has 0 aliphatic heterocycles. The molecule has 0 spiro atoms. The Morgan fingerprint density at radius 1 is 0.850 bits per heavy atom. The fourth-order valence-corrected chi connectivity index (χ4v) is 4.30. The van der Waals surface area contributed by atoms with Gasteiger partial charge in [0.05, 0.1) is 12.5 Å². The van der Waals surface area contributed by atoms with E-state index in [0.717, 1.165) is 44.0 Å².